The minimum Gasteiger partial charge on any atom is -0.508 e. The van der Waals surface area contributed by atoms with Gasteiger partial charge in [0, 0.05) is 70.9 Å². The summed E-state index contributed by atoms with van der Waals surface area (Å²) in [7, 11) is 0. The minimum absolute atomic E-state index is 0.144. The van der Waals surface area contributed by atoms with Crippen molar-refractivity contribution in [2.75, 3.05) is 0 Å². The van der Waals surface area contributed by atoms with Gasteiger partial charge in [-0.05, 0) is 62.1 Å². The zero-order chi connectivity index (χ0) is 35.8. The van der Waals surface area contributed by atoms with Crippen LogP contribution >= 0.6 is 0 Å². The van der Waals surface area contributed by atoms with E-state index in [-0.39, 0.29) is 56.8 Å². The van der Waals surface area contributed by atoms with E-state index in [1.54, 1.807) is 12.2 Å². The number of Topliss-reactive ketones (excluding diaryl/α,β-unsaturated/α-hetero) is 2. The Morgan fingerprint density at radius 3 is 1.18 bits per heavy atom. The van der Waals surface area contributed by atoms with Crippen molar-refractivity contribution in [3.05, 3.63) is 117 Å². The third-order valence-electron chi connectivity index (χ3n) is 10.6. The summed E-state index contributed by atoms with van der Waals surface area (Å²) in [6, 6.07) is 13.0. The Kier molecular flexibility index (Phi) is 7.77. The molecule has 3 aliphatic rings. The molecule has 0 aliphatic heterocycles. The van der Waals surface area contributed by atoms with Gasteiger partial charge in [-0.25, -0.2) is 0 Å². The van der Waals surface area contributed by atoms with Gasteiger partial charge in [0.05, 0.1) is 11.1 Å². The molecule has 6 unspecified atom stereocenters. The fourth-order valence-electron chi connectivity index (χ4n) is 8.44. The van der Waals surface area contributed by atoms with E-state index in [2.05, 4.69) is 0 Å². The van der Waals surface area contributed by atoms with Crippen molar-refractivity contribution in [1.82, 2.24) is 0 Å². The molecule has 0 spiro atoms. The smallest absolute Gasteiger partial charge is 0.171 e. The summed E-state index contributed by atoms with van der Waals surface area (Å²) >= 11 is 0. The number of ketones is 2. The highest BCUT2D eigenvalue weighted by Gasteiger charge is 2.46. The van der Waals surface area contributed by atoms with E-state index in [9.17, 15) is 50.4 Å². The number of fused-ring (bicyclic) bond motifs is 8. The predicted molar refractivity (Wildman–Crippen MR) is 182 cm³/mol. The van der Waals surface area contributed by atoms with E-state index >= 15 is 0 Å². The van der Waals surface area contributed by atoms with Crippen LogP contribution in [0.15, 0.2) is 84.0 Å². The lowest BCUT2D eigenvalue weighted by molar-refractivity contribution is 0.0876. The number of phenolic OH excluding ortho intramolecular Hbond substituents is 8. The molecule has 4 aromatic rings. The molecule has 8 N–H and O–H groups in total. The molecule has 50 heavy (non-hydrogen) atoms. The molecule has 256 valence electrons. The van der Waals surface area contributed by atoms with E-state index < -0.39 is 58.6 Å². The molecule has 10 heteroatoms. The molecule has 0 heterocycles. The van der Waals surface area contributed by atoms with E-state index in [4.69, 9.17) is 0 Å². The summed E-state index contributed by atoms with van der Waals surface area (Å²) in [5.41, 5.74) is 2.33. The molecule has 3 aliphatic carbocycles. The molecule has 4 bridgehead atoms. The van der Waals surface area contributed by atoms with Crippen LogP contribution in [0.25, 0.3) is 0 Å². The highest BCUT2D eigenvalue weighted by atomic mass is 16.3. The van der Waals surface area contributed by atoms with E-state index in [0.29, 0.717) is 24.0 Å². The molecule has 6 atom stereocenters. The van der Waals surface area contributed by atoms with E-state index in [1.165, 1.54) is 48.5 Å². The Morgan fingerprint density at radius 1 is 0.460 bits per heavy atom. The van der Waals surface area contributed by atoms with Crippen molar-refractivity contribution in [2.24, 2.45) is 11.8 Å². The monoisotopic (exact) mass is 676 g/mol. The second kappa shape index (κ2) is 11.9. The van der Waals surface area contributed by atoms with E-state index in [1.807, 2.05) is 13.8 Å². The number of phenols is 8. The lowest BCUT2D eigenvalue weighted by Gasteiger charge is -2.39. The van der Waals surface area contributed by atoms with Crippen LogP contribution < -0.4 is 0 Å². The predicted octanol–water partition coefficient (Wildman–Crippen LogP) is 7.08. The summed E-state index contributed by atoms with van der Waals surface area (Å²) in [5.74, 6) is -9.18. The summed E-state index contributed by atoms with van der Waals surface area (Å²) in [5, 5.41) is 87.2. The average molecular weight is 677 g/mol. The van der Waals surface area contributed by atoms with Crippen LogP contribution in [0.1, 0.15) is 93.3 Å². The van der Waals surface area contributed by atoms with E-state index in [0.717, 1.165) is 23.3 Å². The van der Waals surface area contributed by atoms with Gasteiger partial charge in [-0.2, -0.15) is 0 Å². The number of carbonyl (C=O) groups excluding carboxylic acids is 2. The molecule has 7 rings (SSSR count). The van der Waals surface area contributed by atoms with Gasteiger partial charge >= 0.3 is 0 Å². The Balaban J connectivity index is 1.53. The maximum atomic E-state index is 14.9. The Labute approximate surface area is 287 Å². The third kappa shape index (κ3) is 5.28. The Hall–Kier alpha value is -5.90. The van der Waals surface area contributed by atoms with Gasteiger partial charge in [0.15, 0.2) is 11.6 Å². The fraction of sp³-hybridized carbons (Fsp3) is 0.250. The van der Waals surface area contributed by atoms with Crippen LogP contribution in [0.4, 0.5) is 0 Å². The molecule has 0 amide bonds. The summed E-state index contributed by atoms with van der Waals surface area (Å²) in [6.45, 7) is 3.66. The first-order valence-electron chi connectivity index (χ1n) is 16.3. The van der Waals surface area contributed by atoms with Crippen LogP contribution in [0.5, 0.6) is 46.0 Å². The maximum Gasteiger partial charge on any atom is 0.171 e. The van der Waals surface area contributed by atoms with Crippen molar-refractivity contribution in [3.63, 3.8) is 0 Å². The number of hydrogen-bond acceptors (Lipinski definition) is 10. The summed E-state index contributed by atoms with van der Waals surface area (Å²) < 4.78 is 0. The average Bonchev–Trinajstić information content (AvgIpc) is 3.03. The summed E-state index contributed by atoms with van der Waals surface area (Å²) in [4.78, 5) is 29.8. The number of allylic oxidation sites excluding steroid dienone is 4. The van der Waals surface area contributed by atoms with Crippen LogP contribution in [0, 0.1) is 11.8 Å². The molecular formula is C40H36O10. The number of rotatable bonds is 2. The quantitative estimate of drug-likeness (QED) is 0.102. The first-order chi connectivity index (χ1) is 23.7. The molecule has 0 fully saturated rings. The highest BCUT2D eigenvalue weighted by molar-refractivity contribution is 6.04. The zero-order valence-corrected chi connectivity index (χ0v) is 27.2. The maximum absolute atomic E-state index is 14.9. The summed E-state index contributed by atoms with van der Waals surface area (Å²) in [6.07, 6.45) is 4.17. The third-order valence-corrected chi connectivity index (χ3v) is 10.6. The van der Waals surface area contributed by atoms with Gasteiger partial charge in [0.1, 0.15) is 46.0 Å². The van der Waals surface area contributed by atoms with Crippen molar-refractivity contribution >= 4 is 11.6 Å². The number of carbonyl (C=O) groups is 2. The molecular weight excluding hydrogens is 640 g/mol. The number of benzene rings is 4. The van der Waals surface area contributed by atoms with Gasteiger partial charge in [-0.3, -0.25) is 9.59 Å². The molecule has 10 nitrogen and oxygen atoms in total. The van der Waals surface area contributed by atoms with Gasteiger partial charge in [0.2, 0.25) is 0 Å². The second-order valence-electron chi connectivity index (χ2n) is 13.8. The Morgan fingerprint density at radius 2 is 0.820 bits per heavy atom. The van der Waals surface area contributed by atoms with Crippen LogP contribution in [-0.2, 0) is 0 Å². The van der Waals surface area contributed by atoms with Crippen LogP contribution in [-0.4, -0.2) is 52.4 Å². The zero-order valence-electron chi connectivity index (χ0n) is 27.2. The van der Waals surface area contributed by atoms with Crippen molar-refractivity contribution in [1.29, 1.82) is 0 Å². The first-order valence-corrected chi connectivity index (χ1v) is 16.3. The molecule has 0 saturated carbocycles. The van der Waals surface area contributed by atoms with Crippen molar-refractivity contribution in [2.45, 2.75) is 50.4 Å². The lowest BCUT2D eigenvalue weighted by atomic mass is 9.63. The van der Waals surface area contributed by atoms with Crippen molar-refractivity contribution < 1.29 is 50.4 Å². The standard InChI is InChI=1S/C40H36O10/c1-17-7-25(21-5-3-19(41)11-31(21)43)37-27(9-17)23-13-29(35(47)15-33(23)45)40(50)38-26(22-6-4-20(42)12-32(22)44)8-18(2)10-28(38)24-14-30(39(37)49)36(48)16-34(24)46/h3-6,9-16,25-28,37-38,41-48H,7-8H2,1-2H3. The molecule has 4 aromatic carbocycles. The van der Waals surface area contributed by atoms with Gasteiger partial charge in [-0.15, -0.1) is 0 Å². The SMILES string of the molecule is CC1=CC2c3cc(c(O)cc3O)C(=O)C3C(C=C(C)CC3c3ccc(O)cc3O)c3cc(c(O)cc3O)C(=O)C2C(c2ccc(O)cc2O)C1. The van der Waals surface area contributed by atoms with Crippen LogP contribution in [0.2, 0.25) is 0 Å². The number of aromatic hydroxyl groups is 8. The van der Waals surface area contributed by atoms with Crippen LogP contribution in [0.3, 0.4) is 0 Å². The van der Waals surface area contributed by atoms with Gasteiger partial charge < -0.3 is 40.9 Å². The fourth-order valence-corrected chi connectivity index (χ4v) is 8.44. The molecule has 0 radical (unpaired) electrons. The highest BCUT2D eigenvalue weighted by Crippen LogP contribution is 2.55. The number of hydrogen-bond donors (Lipinski definition) is 8. The Bertz CT molecular complexity index is 2010. The second-order valence-corrected chi connectivity index (χ2v) is 13.8. The minimum atomic E-state index is -1.07. The topological polar surface area (TPSA) is 196 Å². The van der Waals surface area contributed by atoms with Crippen molar-refractivity contribution in [3.8, 4) is 46.0 Å². The molecule has 0 saturated heterocycles. The first kappa shape index (κ1) is 32.6. The normalized spacial score (nSPS) is 24.6. The van der Waals surface area contributed by atoms with Gasteiger partial charge in [0.25, 0.3) is 0 Å². The molecule has 0 aromatic heterocycles. The largest absolute Gasteiger partial charge is 0.508 e. The lowest BCUT2D eigenvalue weighted by Crippen LogP contribution is -2.34. The van der Waals surface area contributed by atoms with Gasteiger partial charge in [-0.1, -0.05) is 35.4 Å².